The van der Waals surface area contributed by atoms with Crippen LogP contribution in [0.2, 0.25) is 5.02 Å². The van der Waals surface area contributed by atoms with Crippen molar-refractivity contribution in [2.24, 2.45) is 11.7 Å². The molecule has 1 aromatic carbocycles. The number of halogens is 1. The molecule has 6 heteroatoms. The van der Waals surface area contributed by atoms with Gasteiger partial charge in [0.15, 0.2) is 0 Å². The number of aromatic nitrogens is 3. The van der Waals surface area contributed by atoms with Gasteiger partial charge in [-0.3, -0.25) is 4.90 Å². The first-order valence-corrected chi connectivity index (χ1v) is 7.12. The normalized spacial score (nSPS) is 23.4. The first kappa shape index (κ1) is 13.5. The molecule has 20 heavy (non-hydrogen) atoms. The number of hydrogen-bond donors (Lipinski definition) is 1. The Morgan fingerprint density at radius 3 is 2.90 bits per heavy atom. The average Bonchev–Trinajstić information content (AvgIpc) is 3.03. The average molecular weight is 292 g/mol. The summed E-state index contributed by atoms with van der Waals surface area (Å²) in [6.07, 6.45) is 3.21. The Kier molecular flexibility index (Phi) is 3.74. The molecule has 2 aromatic rings. The second kappa shape index (κ2) is 5.52. The molecule has 2 unspecified atom stereocenters. The van der Waals surface area contributed by atoms with E-state index in [0.717, 1.165) is 25.3 Å². The Morgan fingerprint density at radius 1 is 1.40 bits per heavy atom. The van der Waals surface area contributed by atoms with Gasteiger partial charge in [-0.15, -0.1) is 0 Å². The summed E-state index contributed by atoms with van der Waals surface area (Å²) in [7, 11) is 0. The van der Waals surface area contributed by atoms with E-state index in [9.17, 15) is 0 Å². The maximum atomic E-state index is 6.10. The van der Waals surface area contributed by atoms with Crippen molar-refractivity contribution in [1.29, 1.82) is 0 Å². The number of nitrogens with two attached hydrogens (primary N) is 1. The highest BCUT2D eigenvalue weighted by Crippen LogP contribution is 2.23. The van der Waals surface area contributed by atoms with Crippen LogP contribution in [-0.2, 0) is 6.54 Å². The molecule has 1 saturated heterocycles. The van der Waals surface area contributed by atoms with Crippen LogP contribution in [0.15, 0.2) is 30.9 Å². The predicted octanol–water partition coefficient (Wildman–Crippen LogP) is 1.70. The molecule has 5 nitrogen and oxygen atoms in total. The Bertz CT molecular complexity index is 573. The molecule has 0 saturated carbocycles. The van der Waals surface area contributed by atoms with E-state index in [2.05, 4.69) is 21.9 Å². The second-order valence-corrected chi connectivity index (χ2v) is 5.88. The van der Waals surface area contributed by atoms with Crippen molar-refractivity contribution < 1.29 is 0 Å². The molecular weight excluding hydrogens is 274 g/mol. The maximum Gasteiger partial charge on any atom is 0.138 e. The van der Waals surface area contributed by atoms with Gasteiger partial charge in [-0.1, -0.05) is 24.6 Å². The fraction of sp³-hybridized carbons (Fsp3) is 0.429. The van der Waals surface area contributed by atoms with Gasteiger partial charge in [-0.2, -0.15) is 5.10 Å². The highest BCUT2D eigenvalue weighted by molar-refractivity contribution is 6.30. The van der Waals surface area contributed by atoms with Crippen LogP contribution < -0.4 is 5.73 Å². The minimum absolute atomic E-state index is 0.261. The molecule has 0 aliphatic carbocycles. The summed E-state index contributed by atoms with van der Waals surface area (Å²) in [6, 6.07) is 6.15. The van der Waals surface area contributed by atoms with E-state index in [0.29, 0.717) is 10.9 Å². The fourth-order valence-corrected chi connectivity index (χ4v) is 2.85. The lowest BCUT2D eigenvalue weighted by atomic mass is 10.1. The van der Waals surface area contributed by atoms with Crippen LogP contribution in [0.25, 0.3) is 5.69 Å². The molecule has 1 aliphatic heterocycles. The van der Waals surface area contributed by atoms with Gasteiger partial charge in [0, 0.05) is 30.7 Å². The Labute approximate surface area is 123 Å². The third kappa shape index (κ3) is 2.70. The zero-order valence-electron chi connectivity index (χ0n) is 11.4. The van der Waals surface area contributed by atoms with E-state index in [-0.39, 0.29) is 6.04 Å². The number of likely N-dealkylation sites (tertiary alicyclic amines) is 1. The third-order valence-corrected chi connectivity index (χ3v) is 4.09. The van der Waals surface area contributed by atoms with E-state index in [1.807, 2.05) is 18.2 Å². The van der Waals surface area contributed by atoms with Crippen LogP contribution in [0.5, 0.6) is 0 Å². The molecule has 0 bridgehead atoms. The molecule has 1 aliphatic rings. The lowest BCUT2D eigenvalue weighted by Crippen LogP contribution is -2.28. The molecule has 3 rings (SSSR count). The highest BCUT2D eigenvalue weighted by atomic mass is 35.5. The molecule has 1 fully saturated rings. The highest BCUT2D eigenvalue weighted by Gasteiger charge is 2.26. The van der Waals surface area contributed by atoms with Crippen molar-refractivity contribution in [1.82, 2.24) is 19.7 Å². The minimum Gasteiger partial charge on any atom is -0.326 e. The summed E-state index contributed by atoms with van der Waals surface area (Å²) in [6.45, 7) is 5.01. The quantitative estimate of drug-likeness (QED) is 0.935. The van der Waals surface area contributed by atoms with E-state index in [4.69, 9.17) is 17.3 Å². The predicted molar refractivity (Wildman–Crippen MR) is 78.8 cm³/mol. The molecule has 106 valence electrons. The van der Waals surface area contributed by atoms with E-state index >= 15 is 0 Å². The molecule has 0 radical (unpaired) electrons. The molecule has 2 N–H and O–H groups in total. The summed E-state index contributed by atoms with van der Waals surface area (Å²) in [5.74, 6) is 0.539. The molecular formula is C14H18ClN5. The molecule has 2 atom stereocenters. The van der Waals surface area contributed by atoms with Gasteiger partial charge in [0.1, 0.15) is 12.7 Å². The number of rotatable bonds is 3. The van der Waals surface area contributed by atoms with Gasteiger partial charge in [0.2, 0.25) is 0 Å². The molecule has 0 spiro atoms. The zero-order chi connectivity index (χ0) is 14.1. The lowest BCUT2D eigenvalue weighted by Gasteiger charge is -2.18. The van der Waals surface area contributed by atoms with Crippen LogP contribution in [0, 0.1) is 5.92 Å². The summed E-state index contributed by atoms with van der Waals surface area (Å²) < 4.78 is 1.75. The van der Waals surface area contributed by atoms with Crippen molar-refractivity contribution in [2.45, 2.75) is 19.5 Å². The van der Waals surface area contributed by atoms with Crippen LogP contribution in [0.3, 0.4) is 0 Å². The van der Waals surface area contributed by atoms with Gasteiger partial charge in [-0.05, 0) is 23.6 Å². The monoisotopic (exact) mass is 291 g/mol. The van der Waals surface area contributed by atoms with Gasteiger partial charge in [0.25, 0.3) is 0 Å². The van der Waals surface area contributed by atoms with Gasteiger partial charge in [0.05, 0.1) is 5.69 Å². The summed E-state index contributed by atoms with van der Waals surface area (Å²) in [5, 5.41) is 4.90. The third-order valence-electron chi connectivity index (χ3n) is 3.85. The fourth-order valence-electron chi connectivity index (χ4n) is 2.68. The van der Waals surface area contributed by atoms with E-state index < -0.39 is 0 Å². The van der Waals surface area contributed by atoms with Gasteiger partial charge < -0.3 is 5.73 Å². The summed E-state index contributed by atoms with van der Waals surface area (Å²) in [4.78, 5) is 6.37. The molecule has 2 heterocycles. The van der Waals surface area contributed by atoms with Crippen LogP contribution in [-0.4, -0.2) is 38.8 Å². The maximum absolute atomic E-state index is 6.10. The number of nitrogens with zero attached hydrogens (tertiary/aromatic N) is 4. The van der Waals surface area contributed by atoms with Gasteiger partial charge in [-0.25, -0.2) is 9.67 Å². The summed E-state index contributed by atoms with van der Waals surface area (Å²) in [5.41, 5.74) is 8.25. The zero-order valence-corrected chi connectivity index (χ0v) is 12.2. The largest absolute Gasteiger partial charge is 0.326 e. The van der Waals surface area contributed by atoms with E-state index in [1.54, 1.807) is 11.0 Å². The number of benzene rings is 1. The Balaban J connectivity index is 1.86. The SMILES string of the molecule is CC1CN(Cc2ccc(Cl)cc2-n2cncn2)CC1N. The van der Waals surface area contributed by atoms with Crippen LogP contribution in [0.4, 0.5) is 0 Å². The lowest BCUT2D eigenvalue weighted by molar-refractivity contribution is 0.318. The van der Waals surface area contributed by atoms with Crippen molar-refractivity contribution in [2.75, 3.05) is 13.1 Å². The van der Waals surface area contributed by atoms with Crippen molar-refractivity contribution in [3.8, 4) is 5.69 Å². The molecule has 0 amide bonds. The molecule has 1 aromatic heterocycles. The Morgan fingerprint density at radius 2 is 2.25 bits per heavy atom. The topological polar surface area (TPSA) is 60.0 Å². The van der Waals surface area contributed by atoms with Crippen molar-refractivity contribution in [3.63, 3.8) is 0 Å². The van der Waals surface area contributed by atoms with Crippen LogP contribution >= 0.6 is 11.6 Å². The smallest absolute Gasteiger partial charge is 0.138 e. The second-order valence-electron chi connectivity index (χ2n) is 5.45. The summed E-state index contributed by atoms with van der Waals surface area (Å²) >= 11 is 6.10. The first-order valence-electron chi connectivity index (χ1n) is 6.75. The standard InChI is InChI=1S/C14H18ClN5/c1-10-5-19(7-13(10)16)6-11-2-3-12(15)4-14(11)20-9-17-8-18-20/h2-4,8-10,13H,5-7,16H2,1H3. The Hall–Kier alpha value is -1.43. The van der Waals surface area contributed by atoms with Gasteiger partial charge >= 0.3 is 0 Å². The number of hydrogen-bond acceptors (Lipinski definition) is 4. The van der Waals surface area contributed by atoms with Crippen molar-refractivity contribution in [3.05, 3.63) is 41.4 Å². The first-order chi connectivity index (χ1) is 9.63. The van der Waals surface area contributed by atoms with Crippen molar-refractivity contribution >= 4 is 11.6 Å². The van der Waals surface area contributed by atoms with Crippen LogP contribution in [0.1, 0.15) is 12.5 Å². The minimum atomic E-state index is 0.261. The van der Waals surface area contributed by atoms with E-state index in [1.165, 1.54) is 11.9 Å².